The van der Waals surface area contributed by atoms with Crippen molar-refractivity contribution in [2.45, 2.75) is 48.2 Å². The van der Waals surface area contributed by atoms with E-state index in [9.17, 15) is 21.6 Å². The first-order valence-corrected chi connectivity index (χ1v) is 11.5. The predicted octanol–water partition coefficient (Wildman–Crippen LogP) is 4.39. The maximum Gasteiger partial charge on any atom is 0.416 e. The van der Waals surface area contributed by atoms with Crippen LogP contribution < -0.4 is 0 Å². The van der Waals surface area contributed by atoms with Gasteiger partial charge in [-0.25, -0.2) is 8.42 Å². The molecule has 0 N–H and O–H groups in total. The van der Waals surface area contributed by atoms with Crippen molar-refractivity contribution < 1.29 is 31.1 Å². The van der Waals surface area contributed by atoms with E-state index in [1.54, 1.807) is 24.8 Å². The lowest BCUT2D eigenvalue weighted by atomic mass is 9.95. The highest BCUT2D eigenvalue weighted by molar-refractivity contribution is 9.10. The summed E-state index contributed by atoms with van der Waals surface area (Å²) in [5, 5.41) is 4.33. The highest BCUT2D eigenvalue weighted by atomic mass is 79.9. The molecule has 6 nitrogen and oxygen atoms in total. The van der Waals surface area contributed by atoms with Gasteiger partial charge < -0.3 is 9.47 Å². The van der Waals surface area contributed by atoms with E-state index in [2.05, 4.69) is 21.0 Å². The zero-order valence-electron chi connectivity index (χ0n) is 16.4. The molecule has 1 aromatic heterocycles. The Morgan fingerprint density at radius 1 is 1.37 bits per heavy atom. The van der Waals surface area contributed by atoms with E-state index >= 15 is 0 Å². The molecule has 2 atom stereocenters. The fourth-order valence-electron chi connectivity index (χ4n) is 3.54. The molecule has 2 aromatic rings. The van der Waals surface area contributed by atoms with Crippen LogP contribution in [-0.4, -0.2) is 43.3 Å². The summed E-state index contributed by atoms with van der Waals surface area (Å²) in [7, 11) is -2.49. The second-order valence-electron chi connectivity index (χ2n) is 7.40. The number of methoxy groups -OCH3 is 1. The lowest BCUT2D eigenvalue weighted by Gasteiger charge is -2.37. The van der Waals surface area contributed by atoms with E-state index in [1.807, 2.05) is 0 Å². The summed E-state index contributed by atoms with van der Waals surface area (Å²) >= 11 is 3.32. The molecule has 1 saturated heterocycles. The van der Waals surface area contributed by atoms with E-state index < -0.39 is 32.4 Å². The van der Waals surface area contributed by atoms with Crippen LogP contribution in [0.1, 0.15) is 37.1 Å². The molecule has 2 heterocycles. The molecule has 166 valence electrons. The minimum atomic E-state index is -4.62. The van der Waals surface area contributed by atoms with Gasteiger partial charge in [0.2, 0.25) is 0 Å². The molecule has 30 heavy (non-hydrogen) atoms. The molecular weight excluding hydrogens is 489 g/mol. The van der Waals surface area contributed by atoms with Crippen LogP contribution in [-0.2, 0) is 32.0 Å². The Balaban J connectivity index is 1.93. The second-order valence-corrected chi connectivity index (χ2v) is 10.7. The number of halogens is 4. The summed E-state index contributed by atoms with van der Waals surface area (Å²) < 4.78 is 77.9. The van der Waals surface area contributed by atoms with Gasteiger partial charge in [0.1, 0.15) is 10.7 Å². The number of sulfone groups is 1. The van der Waals surface area contributed by atoms with E-state index in [-0.39, 0.29) is 24.3 Å². The minimum absolute atomic E-state index is 0.0939. The first-order valence-electron chi connectivity index (χ1n) is 9.24. The average molecular weight is 511 g/mol. The summed E-state index contributed by atoms with van der Waals surface area (Å²) in [5.41, 5.74) is -0.304. The molecule has 0 saturated carbocycles. The molecule has 1 aliphatic rings. The molecule has 1 aromatic carbocycles. The second kappa shape index (κ2) is 8.60. The number of alkyl halides is 3. The average Bonchev–Trinajstić information content (AvgIpc) is 3.06. The largest absolute Gasteiger partial charge is 0.416 e. The highest BCUT2D eigenvalue weighted by Crippen LogP contribution is 2.43. The number of ether oxygens (including phenoxy) is 2. The third kappa shape index (κ3) is 4.58. The van der Waals surface area contributed by atoms with Gasteiger partial charge in [0.15, 0.2) is 9.84 Å². The van der Waals surface area contributed by atoms with Crippen molar-refractivity contribution in [1.29, 1.82) is 0 Å². The van der Waals surface area contributed by atoms with Crippen molar-refractivity contribution in [2.24, 2.45) is 0 Å². The van der Waals surface area contributed by atoms with Gasteiger partial charge in [-0.15, -0.1) is 0 Å². The molecule has 1 aliphatic heterocycles. The van der Waals surface area contributed by atoms with Crippen molar-refractivity contribution in [3.63, 3.8) is 0 Å². The monoisotopic (exact) mass is 510 g/mol. The number of nitrogens with zero attached hydrogens (tertiary/aromatic N) is 2. The Morgan fingerprint density at radius 3 is 2.77 bits per heavy atom. The molecule has 1 fully saturated rings. The lowest BCUT2D eigenvalue weighted by molar-refractivity contribution is -0.137. The standard InChI is InChI=1S/C19H22BrF3N2O4S/c1-18(30(26,27)14-5-3-4-13(10-14)19(21,22)23)6-8-29-16(12-18)15-11-17(20)24-25(15)7-9-28-2/h3-5,10-11,16H,6-9,12H2,1-2H3. The van der Waals surface area contributed by atoms with E-state index in [4.69, 9.17) is 9.47 Å². The Bertz CT molecular complexity index is 1010. The van der Waals surface area contributed by atoms with Gasteiger partial charge in [0.25, 0.3) is 0 Å². The van der Waals surface area contributed by atoms with E-state index in [0.717, 1.165) is 12.1 Å². The molecule has 11 heteroatoms. The van der Waals surface area contributed by atoms with Crippen molar-refractivity contribution in [3.8, 4) is 0 Å². The van der Waals surface area contributed by atoms with Crippen molar-refractivity contribution in [1.82, 2.24) is 9.78 Å². The minimum Gasteiger partial charge on any atom is -0.383 e. The van der Waals surface area contributed by atoms with Gasteiger partial charge in [0.05, 0.1) is 34.1 Å². The molecule has 2 unspecified atom stereocenters. The van der Waals surface area contributed by atoms with Crippen molar-refractivity contribution >= 4 is 25.8 Å². The molecule has 0 radical (unpaired) electrons. The number of aromatic nitrogens is 2. The van der Waals surface area contributed by atoms with Gasteiger partial charge in [-0.3, -0.25) is 4.68 Å². The van der Waals surface area contributed by atoms with E-state index in [0.29, 0.717) is 29.5 Å². The molecule has 0 aliphatic carbocycles. The summed E-state index contributed by atoms with van der Waals surface area (Å²) in [6, 6.07) is 5.64. The van der Waals surface area contributed by atoms with Crippen LogP contribution in [0.3, 0.4) is 0 Å². The maximum absolute atomic E-state index is 13.4. The van der Waals surface area contributed by atoms with Crippen LogP contribution in [0.5, 0.6) is 0 Å². The van der Waals surface area contributed by atoms with Gasteiger partial charge in [-0.1, -0.05) is 6.07 Å². The van der Waals surface area contributed by atoms with Gasteiger partial charge in [-0.2, -0.15) is 18.3 Å². The number of hydrogen-bond acceptors (Lipinski definition) is 5. The summed E-state index contributed by atoms with van der Waals surface area (Å²) in [5.74, 6) is 0. The Labute approximate surface area is 181 Å². The number of rotatable bonds is 6. The maximum atomic E-state index is 13.4. The Hall–Kier alpha value is -1.43. The lowest BCUT2D eigenvalue weighted by Crippen LogP contribution is -2.42. The van der Waals surface area contributed by atoms with E-state index in [1.165, 1.54) is 6.07 Å². The number of benzene rings is 1. The molecule has 3 rings (SSSR count). The third-order valence-electron chi connectivity index (χ3n) is 5.31. The van der Waals surface area contributed by atoms with Gasteiger partial charge >= 0.3 is 6.18 Å². The molecule has 0 spiro atoms. The summed E-state index contributed by atoms with van der Waals surface area (Å²) in [6.07, 6.45) is -4.92. The molecule has 0 amide bonds. The Kier molecular flexibility index (Phi) is 6.66. The van der Waals surface area contributed by atoms with Gasteiger partial charge in [-0.05, 0) is 60.0 Å². The zero-order chi connectivity index (χ0) is 22.2. The quantitative estimate of drug-likeness (QED) is 0.576. The van der Waals surface area contributed by atoms with Crippen LogP contribution in [0.4, 0.5) is 13.2 Å². The molecular formula is C19H22BrF3N2O4S. The normalized spacial score (nSPS) is 22.9. The topological polar surface area (TPSA) is 70.4 Å². The summed E-state index contributed by atoms with van der Waals surface area (Å²) in [4.78, 5) is -0.338. The number of hydrogen-bond donors (Lipinski definition) is 0. The predicted molar refractivity (Wildman–Crippen MR) is 107 cm³/mol. The smallest absolute Gasteiger partial charge is 0.383 e. The Morgan fingerprint density at radius 2 is 2.10 bits per heavy atom. The van der Waals surface area contributed by atoms with Crippen LogP contribution in [0.15, 0.2) is 39.8 Å². The molecule has 0 bridgehead atoms. The third-order valence-corrected chi connectivity index (χ3v) is 8.24. The van der Waals surface area contributed by atoms with Crippen molar-refractivity contribution in [2.75, 3.05) is 20.3 Å². The van der Waals surface area contributed by atoms with Crippen LogP contribution >= 0.6 is 15.9 Å². The van der Waals surface area contributed by atoms with Crippen molar-refractivity contribution in [3.05, 3.63) is 46.2 Å². The van der Waals surface area contributed by atoms with Gasteiger partial charge in [0, 0.05) is 13.7 Å². The first kappa shape index (κ1) is 23.2. The fraction of sp³-hybridized carbons (Fsp3) is 0.526. The van der Waals surface area contributed by atoms with Crippen LogP contribution in [0.2, 0.25) is 0 Å². The first-order chi connectivity index (χ1) is 14.0. The van der Waals surface area contributed by atoms with Crippen LogP contribution in [0, 0.1) is 0 Å². The zero-order valence-corrected chi connectivity index (χ0v) is 18.8. The fourth-order valence-corrected chi connectivity index (χ4v) is 5.80. The SMILES string of the molecule is COCCn1nc(Br)cc1C1CC(C)(S(=O)(=O)c2cccc(C(F)(F)F)c2)CCO1. The van der Waals surface area contributed by atoms with Crippen LogP contribution in [0.25, 0.3) is 0 Å². The summed E-state index contributed by atoms with van der Waals surface area (Å²) in [6.45, 7) is 2.58. The highest BCUT2D eigenvalue weighted by Gasteiger charge is 2.46.